The van der Waals surface area contributed by atoms with Gasteiger partial charge in [0.2, 0.25) is 0 Å². The Labute approximate surface area is 118 Å². The highest BCUT2D eigenvalue weighted by molar-refractivity contribution is 9.10. The van der Waals surface area contributed by atoms with Crippen molar-refractivity contribution in [3.05, 3.63) is 58.3 Å². The van der Waals surface area contributed by atoms with Crippen LogP contribution in [0.5, 0.6) is 5.75 Å². The Balaban J connectivity index is 2.06. The highest BCUT2D eigenvalue weighted by atomic mass is 79.9. The van der Waals surface area contributed by atoms with E-state index in [0.717, 1.165) is 0 Å². The van der Waals surface area contributed by atoms with E-state index in [4.69, 9.17) is 10.5 Å². The van der Waals surface area contributed by atoms with Crippen LogP contribution in [0.3, 0.4) is 0 Å². The van der Waals surface area contributed by atoms with Crippen molar-refractivity contribution in [1.29, 1.82) is 0 Å². The number of hydrogen-bond acceptors (Lipinski definition) is 3. The maximum atomic E-state index is 13.1. The van der Waals surface area contributed by atoms with E-state index in [9.17, 15) is 9.50 Å². The molecule has 2 rings (SSSR count). The van der Waals surface area contributed by atoms with Gasteiger partial charge in [-0.1, -0.05) is 18.2 Å². The minimum absolute atomic E-state index is 0.00370. The first-order valence-electron chi connectivity index (χ1n) is 5.68. The van der Waals surface area contributed by atoms with Crippen LogP contribution >= 0.6 is 15.9 Å². The lowest BCUT2D eigenvalue weighted by Gasteiger charge is -2.15. The van der Waals surface area contributed by atoms with Gasteiger partial charge < -0.3 is 15.6 Å². The quantitative estimate of drug-likeness (QED) is 0.848. The summed E-state index contributed by atoms with van der Waals surface area (Å²) in [6.45, 7) is -0.00370. The van der Waals surface area contributed by atoms with Crippen LogP contribution in [0.4, 0.5) is 10.1 Å². The largest absolute Gasteiger partial charge is 0.489 e. The second-order valence-corrected chi connectivity index (χ2v) is 4.88. The minimum atomic E-state index is -0.864. The van der Waals surface area contributed by atoms with Gasteiger partial charge in [0.1, 0.15) is 24.3 Å². The van der Waals surface area contributed by atoms with Crippen molar-refractivity contribution in [2.45, 2.75) is 6.10 Å². The highest BCUT2D eigenvalue weighted by Gasteiger charge is 2.12. The molecule has 1 unspecified atom stereocenters. The number of nitrogens with two attached hydrogens (primary N) is 1. The summed E-state index contributed by atoms with van der Waals surface area (Å²) in [7, 11) is 0. The van der Waals surface area contributed by atoms with Gasteiger partial charge in [-0.3, -0.25) is 0 Å². The number of halogens is 2. The van der Waals surface area contributed by atoms with E-state index in [1.807, 2.05) is 0 Å². The molecular formula is C14H13BrFNO2. The van der Waals surface area contributed by atoms with Gasteiger partial charge in [-0.15, -0.1) is 0 Å². The normalized spacial score (nSPS) is 12.2. The van der Waals surface area contributed by atoms with Gasteiger partial charge in [0, 0.05) is 17.3 Å². The monoisotopic (exact) mass is 325 g/mol. The molecule has 0 fully saturated rings. The molecule has 5 heteroatoms. The second kappa shape index (κ2) is 6.04. The van der Waals surface area contributed by atoms with Gasteiger partial charge in [0.15, 0.2) is 0 Å². The van der Waals surface area contributed by atoms with Crippen molar-refractivity contribution in [2.24, 2.45) is 0 Å². The minimum Gasteiger partial charge on any atom is -0.489 e. The summed E-state index contributed by atoms with van der Waals surface area (Å²) in [5.74, 6) is -0.0551. The molecule has 1 atom stereocenters. The Morgan fingerprint density at radius 2 is 2.00 bits per heavy atom. The summed E-state index contributed by atoms with van der Waals surface area (Å²) in [5, 5.41) is 10.0. The lowest BCUT2D eigenvalue weighted by molar-refractivity contribution is 0.108. The van der Waals surface area contributed by atoms with Crippen LogP contribution in [0.25, 0.3) is 0 Å². The molecule has 100 valence electrons. The fourth-order valence-corrected chi connectivity index (χ4v) is 2.02. The van der Waals surface area contributed by atoms with Crippen molar-refractivity contribution in [3.63, 3.8) is 0 Å². The van der Waals surface area contributed by atoms with E-state index < -0.39 is 11.9 Å². The lowest BCUT2D eigenvalue weighted by Crippen LogP contribution is -2.11. The molecule has 0 aliphatic rings. The molecule has 0 saturated carbocycles. The van der Waals surface area contributed by atoms with E-state index in [1.54, 1.807) is 30.3 Å². The molecule has 2 aromatic rings. The van der Waals surface area contributed by atoms with Crippen LogP contribution in [-0.2, 0) is 0 Å². The topological polar surface area (TPSA) is 55.5 Å². The maximum Gasteiger partial charge on any atom is 0.136 e. The first kappa shape index (κ1) is 13.8. The fraction of sp³-hybridized carbons (Fsp3) is 0.143. The molecule has 0 radical (unpaired) electrons. The third kappa shape index (κ3) is 3.45. The van der Waals surface area contributed by atoms with Gasteiger partial charge in [0.25, 0.3) is 0 Å². The Morgan fingerprint density at radius 3 is 2.74 bits per heavy atom. The molecule has 0 heterocycles. The predicted molar refractivity (Wildman–Crippen MR) is 75.4 cm³/mol. The number of anilines is 1. The van der Waals surface area contributed by atoms with Crippen molar-refractivity contribution in [2.75, 3.05) is 12.3 Å². The third-order valence-electron chi connectivity index (χ3n) is 2.64. The SMILES string of the molecule is Nc1ccccc1C(O)COc1cc(F)ccc1Br. The first-order valence-corrected chi connectivity index (χ1v) is 6.47. The van der Waals surface area contributed by atoms with Crippen molar-refractivity contribution < 1.29 is 14.2 Å². The molecule has 0 amide bonds. The zero-order valence-corrected chi connectivity index (χ0v) is 11.6. The third-order valence-corrected chi connectivity index (χ3v) is 3.30. The Morgan fingerprint density at radius 1 is 1.26 bits per heavy atom. The molecule has 19 heavy (non-hydrogen) atoms. The van der Waals surface area contributed by atoms with Crippen LogP contribution in [0, 0.1) is 5.82 Å². The molecular weight excluding hydrogens is 313 g/mol. The first-order chi connectivity index (χ1) is 9.08. The lowest BCUT2D eigenvalue weighted by atomic mass is 10.1. The molecule has 2 aromatic carbocycles. The Bertz CT molecular complexity index is 577. The zero-order valence-electron chi connectivity index (χ0n) is 10.0. The second-order valence-electron chi connectivity index (χ2n) is 4.03. The van der Waals surface area contributed by atoms with Gasteiger partial charge in [-0.05, 0) is 34.1 Å². The number of aliphatic hydroxyl groups excluding tert-OH is 1. The molecule has 0 aromatic heterocycles. The number of aliphatic hydroxyl groups is 1. The standard InChI is InChI=1S/C14H13BrFNO2/c15-11-6-5-9(16)7-14(11)19-8-13(18)10-3-1-2-4-12(10)17/h1-7,13,18H,8,17H2. The molecule has 3 N–H and O–H groups in total. The van der Waals surface area contributed by atoms with E-state index in [-0.39, 0.29) is 6.61 Å². The average molecular weight is 326 g/mol. The number of rotatable bonds is 4. The summed E-state index contributed by atoms with van der Waals surface area (Å²) in [4.78, 5) is 0. The summed E-state index contributed by atoms with van der Waals surface area (Å²) >= 11 is 3.25. The van der Waals surface area contributed by atoms with Crippen LogP contribution < -0.4 is 10.5 Å². The van der Waals surface area contributed by atoms with Crippen molar-refractivity contribution >= 4 is 21.6 Å². The van der Waals surface area contributed by atoms with Crippen molar-refractivity contribution in [1.82, 2.24) is 0 Å². The smallest absolute Gasteiger partial charge is 0.136 e. The zero-order chi connectivity index (χ0) is 13.8. The van der Waals surface area contributed by atoms with Gasteiger partial charge in [-0.25, -0.2) is 4.39 Å². The molecule has 0 spiro atoms. The molecule has 0 saturated heterocycles. The van der Waals surface area contributed by atoms with E-state index in [2.05, 4.69) is 15.9 Å². The molecule has 0 aliphatic carbocycles. The van der Waals surface area contributed by atoms with E-state index in [0.29, 0.717) is 21.5 Å². The fourth-order valence-electron chi connectivity index (χ4n) is 1.66. The predicted octanol–water partition coefficient (Wildman–Crippen LogP) is 3.28. The molecule has 0 aliphatic heterocycles. The molecule has 3 nitrogen and oxygen atoms in total. The maximum absolute atomic E-state index is 13.1. The number of ether oxygens (including phenoxy) is 1. The van der Waals surface area contributed by atoms with Crippen LogP contribution in [0.2, 0.25) is 0 Å². The average Bonchev–Trinajstić information content (AvgIpc) is 2.40. The Kier molecular flexibility index (Phi) is 4.39. The summed E-state index contributed by atoms with van der Waals surface area (Å²) in [5.41, 5.74) is 6.85. The summed E-state index contributed by atoms with van der Waals surface area (Å²) in [6, 6.07) is 11.1. The van der Waals surface area contributed by atoms with Gasteiger partial charge in [-0.2, -0.15) is 0 Å². The molecule has 0 bridgehead atoms. The van der Waals surface area contributed by atoms with Crippen LogP contribution in [-0.4, -0.2) is 11.7 Å². The number of nitrogen functional groups attached to an aromatic ring is 1. The van der Waals surface area contributed by atoms with Crippen molar-refractivity contribution in [3.8, 4) is 5.75 Å². The van der Waals surface area contributed by atoms with Gasteiger partial charge >= 0.3 is 0 Å². The van der Waals surface area contributed by atoms with E-state index in [1.165, 1.54) is 12.1 Å². The van der Waals surface area contributed by atoms with E-state index >= 15 is 0 Å². The van der Waals surface area contributed by atoms with Crippen LogP contribution in [0.15, 0.2) is 46.9 Å². The number of para-hydroxylation sites is 1. The van der Waals surface area contributed by atoms with Gasteiger partial charge in [0.05, 0.1) is 4.47 Å². The highest BCUT2D eigenvalue weighted by Crippen LogP contribution is 2.27. The number of hydrogen-bond donors (Lipinski definition) is 2. The summed E-state index contributed by atoms with van der Waals surface area (Å²) in [6.07, 6.45) is -0.864. The summed E-state index contributed by atoms with van der Waals surface area (Å²) < 4.78 is 19.1. The number of benzene rings is 2. The van der Waals surface area contributed by atoms with Crippen LogP contribution in [0.1, 0.15) is 11.7 Å². The Hall–Kier alpha value is -1.59.